The molecule has 1 aromatic heterocycles. The first kappa shape index (κ1) is 12.8. The number of halogens is 1. The van der Waals surface area contributed by atoms with Crippen LogP contribution in [0, 0.1) is 0 Å². The van der Waals surface area contributed by atoms with E-state index in [9.17, 15) is 4.79 Å². The first-order chi connectivity index (χ1) is 9.72. The zero-order chi connectivity index (χ0) is 13.9. The van der Waals surface area contributed by atoms with Crippen molar-refractivity contribution in [2.75, 3.05) is 6.61 Å². The van der Waals surface area contributed by atoms with Gasteiger partial charge in [-0.15, -0.1) is 10.2 Å². The number of rotatable bonds is 3. The summed E-state index contributed by atoms with van der Waals surface area (Å²) in [5, 5.41) is 16.0. The van der Waals surface area contributed by atoms with Crippen LogP contribution in [0.1, 0.15) is 11.4 Å². The lowest BCUT2D eigenvalue weighted by Gasteiger charge is -2.17. The molecule has 102 valence electrons. The molecule has 7 nitrogen and oxygen atoms in total. The first-order valence-corrected chi connectivity index (χ1v) is 6.65. The number of benzene rings is 1. The van der Waals surface area contributed by atoms with Crippen LogP contribution in [0.15, 0.2) is 28.2 Å². The predicted molar refractivity (Wildman–Crippen MR) is 73.6 cm³/mol. The van der Waals surface area contributed by atoms with Crippen LogP contribution in [0.25, 0.3) is 6.08 Å². The highest BCUT2D eigenvalue weighted by Gasteiger charge is 2.17. The van der Waals surface area contributed by atoms with Gasteiger partial charge in [0.25, 0.3) is 5.91 Å². The molecule has 1 aliphatic heterocycles. The first-order valence-electron chi connectivity index (χ1n) is 5.86. The van der Waals surface area contributed by atoms with Crippen molar-refractivity contribution in [1.82, 2.24) is 25.9 Å². The summed E-state index contributed by atoms with van der Waals surface area (Å²) in [6, 6.07) is 5.67. The molecule has 0 radical (unpaired) electrons. The summed E-state index contributed by atoms with van der Waals surface area (Å²) >= 11 is 3.39. The maximum atomic E-state index is 12.0. The zero-order valence-corrected chi connectivity index (χ0v) is 11.8. The molecule has 1 amide bonds. The van der Waals surface area contributed by atoms with Gasteiger partial charge in [-0.25, -0.2) is 0 Å². The second-order valence-electron chi connectivity index (χ2n) is 4.15. The predicted octanol–water partition coefficient (Wildman–Crippen LogP) is 1.05. The zero-order valence-electron chi connectivity index (χ0n) is 10.3. The molecule has 0 unspecified atom stereocenters. The van der Waals surface area contributed by atoms with Gasteiger partial charge in [-0.2, -0.15) is 5.21 Å². The number of aromatic amines is 1. The third-order valence-corrected chi connectivity index (χ3v) is 3.27. The Morgan fingerprint density at radius 3 is 3.20 bits per heavy atom. The van der Waals surface area contributed by atoms with E-state index in [0.717, 1.165) is 15.8 Å². The van der Waals surface area contributed by atoms with Crippen LogP contribution >= 0.6 is 15.9 Å². The van der Waals surface area contributed by atoms with E-state index in [2.05, 4.69) is 41.9 Å². The number of amides is 1. The number of ether oxygens (including phenoxy) is 1. The van der Waals surface area contributed by atoms with Crippen molar-refractivity contribution in [3.8, 4) is 5.75 Å². The van der Waals surface area contributed by atoms with E-state index in [1.54, 1.807) is 0 Å². The Hall–Kier alpha value is -2.22. The van der Waals surface area contributed by atoms with Crippen molar-refractivity contribution in [2.24, 2.45) is 0 Å². The van der Waals surface area contributed by atoms with Crippen molar-refractivity contribution in [3.05, 3.63) is 39.6 Å². The van der Waals surface area contributed by atoms with E-state index in [-0.39, 0.29) is 19.1 Å². The van der Waals surface area contributed by atoms with E-state index in [1.807, 2.05) is 24.3 Å². The van der Waals surface area contributed by atoms with Crippen LogP contribution in [-0.4, -0.2) is 33.1 Å². The van der Waals surface area contributed by atoms with Gasteiger partial charge in [0.2, 0.25) is 0 Å². The van der Waals surface area contributed by atoms with Crippen molar-refractivity contribution in [3.63, 3.8) is 0 Å². The number of carbonyl (C=O) groups excluding carboxylic acids is 1. The number of tetrazole rings is 1. The Labute approximate surface area is 122 Å². The summed E-state index contributed by atoms with van der Waals surface area (Å²) in [5.74, 6) is 0.988. The average Bonchev–Trinajstić information content (AvgIpc) is 2.97. The maximum Gasteiger partial charge on any atom is 0.251 e. The molecule has 0 aliphatic carbocycles. The third kappa shape index (κ3) is 2.69. The molecule has 2 N–H and O–H groups in total. The lowest BCUT2D eigenvalue weighted by Crippen LogP contribution is -2.28. The molecular formula is C12H10BrN5O2. The van der Waals surface area contributed by atoms with Crippen LogP contribution in [0.2, 0.25) is 0 Å². The van der Waals surface area contributed by atoms with Gasteiger partial charge in [0.1, 0.15) is 12.4 Å². The summed E-state index contributed by atoms with van der Waals surface area (Å²) in [6.45, 7) is 0.463. The van der Waals surface area contributed by atoms with Gasteiger partial charge >= 0.3 is 0 Å². The molecule has 2 heterocycles. The SMILES string of the molecule is O=C(NCc1nn[nH]n1)C1=Cc2cc(Br)ccc2OC1. The molecule has 2 aromatic rings. The number of hydrogen-bond acceptors (Lipinski definition) is 5. The summed E-state index contributed by atoms with van der Waals surface area (Å²) in [4.78, 5) is 12.0. The summed E-state index contributed by atoms with van der Waals surface area (Å²) in [6.07, 6.45) is 1.81. The van der Waals surface area contributed by atoms with E-state index in [0.29, 0.717) is 11.4 Å². The van der Waals surface area contributed by atoms with E-state index in [4.69, 9.17) is 4.74 Å². The fourth-order valence-corrected chi connectivity index (χ4v) is 2.19. The van der Waals surface area contributed by atoms with Gasteiger partial charge in [0.05, 0.1) is 12.1 Å². The lowest BCUT2D eigenvalue weighted by molar-refractivity contribution is -0.118. The molecular weight excluding hydrogens is 326 g/mol. The van der Waals surface area contributed by atoms with Crippen LogP contribution in [0.4, 0.5) is 0 Å². The maximum absolute atomic E-state index is 12.0. The molecule has 0 atom stereocenters. The molecule has 1 aromatic carbocycles. The fourth-order valence-electron chi connectivity index (χ4n) is 1.81. The van der Waals surface area contributed by atoms with Crippen LogP contribution < -0.4 is 10.1 Å². The van der Waals surface area contributed by atoms with Crippen molar-refractivity contribution >= 4 is 27.9 Å². The Morgan fingerprint density at radius 1 is 1.50 bits per heavy atom. The monoisotopic (exact) mass is 335 g/mol. The number of fused-ring (bicyclic) bond motifs is 1. The van der Waals surface area contributed by atoms with E-state index >= 15 is 0 Å². The molecule has 0 fully saturated rings. The molecule has 20 heavy (non-hydrogen) atoms. The van der Waals surface area contributed by atoms with Gasteiger partial charge in [0, 0.05) is 10.0 Å². The van der Waals surface area contributed by atoms with Gasteiger partial charge in [-0.1, -0.05) is 21.1 Å². The molecule has 0 bridgehead atoms. The van der Waals surface area contributed by atoms with Gasteiger partial charge in [0.15, 0.2) is 5.82 Å². The number of nitrogens with zero attached hydrogens (tertiary/aromatic N) is 3. The van der Waals surface area contributed by atoms with E-state index in [1.165, 1.54) is 0 Å². The average molecular weight is 336 g/mol. The Balaban J connectivity index is 1.72. The second-order valence-corrected chi connectivity index (χ2v) is 5.07. The van der Waals surface area contributed by atoms with Crippen molar-refractivity contribution in [1.29, 1.82) is 0 Å². The fraction of sp³-hybridized carbons (Fsp3) is 0.167. The standard InChI is InChI=1S/C12H10BrN5O2/c13-9-1-2-10-7(4-9)3-8(6-20-10)12(19)14-5-11-15-17-18-16-11/h1-4H,5-6H2,(H,14,19)(H,15,16,17,18). The quantitative estimate of drug-likeness (QED) is 0.874. The largest absolute Gasteiger partial charge is 0.488 e. The summed E-state index contributed by atoms with van der Waals surface area (Å²) < 4.78 is 6.48. The molecule has 1 aliphatic rings. The van der Waals surface area contributed by atoms with Gasteiger partial charge < -0.3 is 10.1 Å². The molecule has 0 saturated heterocycles. The Kier molecular flexibility index (Phi) is 3.46. The van der Waals surface area contributed by atoms with Crippen LogP contribution in [0.5, 0.6) is 5.75 Å². The Morgan fingerprint density at radius 2 is 2.40 bits per heavy atom. The molecule has 0 spiro atoms. The number of nitrogens with one attached hydrogen (secondary N) is 2. The molecule has 3 rings (SSSR count). The van der Waals surface area contributed by atoms with E-state index < -0.39 is 0 Å². The highest BCUT2D eigenvalue weighted by molar-refractivity contribution is 9.10. The van der Waals surface area contributed by atoms with Crippen LogP contribution in [-0.2, 0) is 11.3 Å². The Bertz CT molecular complexity index is 668. The number of H-pyrrole nitrogens is 1. The lowest BCUT2D eigenvalue weighted by atomic mass is 10.1. The smallest absolute Gasteiger partial charge is 0.251 e. The highest BCUT2D eigenvalue weighted by atomic mass is 79.9. The van der Waals surface area contributed by atoms with Gasteiger partial charge in [-0.3, -0.25) is 4.79 Å². The number of hydrogen-bond donors (Lipinski definition) is 2. The summed E-state index contributed by atoms with van der Waals surface area (Å²) in [7, 11) is 0. The van der Waals surface area contributed by atoms with Gasteiger partial charge in [-0.05, 0) is 24.3 Å². The topological polar surface area (TPSA) is 92.8 Å². The number of aromatic nitrogens is 4. The van der Waals surface area contributed by atoms with Crippen LogP contribution in [0.3, 0.4) is 0 Å². The second kappa shape index (κ2) is 5.41. The minimum Gasteiger partial charge on any atom is -0.488 e. The van der Waals surface area contributed by atoms with Crippen molar-refractivity contribution < 1.29 is 9.53 Å². The normalized spacial score (nSPS) is 13.2. The summed E-state index contributed by atoms with van der Waals surface area (Å²) in [5.41, 5.74) is 1.43. The third-order valence-electron chi connectivity index (χ3n) is 2.77. The highest BCUT2D eigenvalue weighted by Crippen LogP contribution is 2.29. The molecule has 0 saturated carbocycles. The van der Waals surface area contributed by atoms with Crippen molar-refractivity contribution in [2.45, 2.75) is 6.54 Å². The number of carbonyl (C=O) groups is 1. The minimum atomic E-state index is -0.208. The molecule has 8 heteroatoms. The minimum absolute atomic E-state index is 0.208.